The maximum Gasteiger partial charge on any atom is 0.342 e. The molecule has 0 spiro atoms. The highest BCUT2D eigenvalue weighted by Gasteiger charge is 2.19. The molecule has 27 heavy (non-hydrogen) atoms. The molecule has 0 aliphatic rings. The Morgan fingerprint density at radius 2 is 1.44 bits per heavy atom. The highest BCUT2D eigenvalue weighted by atomic mass is 16.6. The Hall–Kier alpha value is -3.67. The monoisotopic (exact) mass is 369 g/mol. The molecule has 0 saturated carbocycles. The van der Waals surface area contributed by atoms with Crippen LogP contribution >= 0.6 is 0 Å². The number of nitro groups is 1. The number of benzene rings is 3. The van der Waals surface area contributed by atoms with Crippen molar-refractivity contribution in [2.24, 2.45) is 0 Å². The van der Waals surface area contributed by atoms with E-state index in [0.717, 1.165) is 11.1 Å². The van der Waals surface area contributed by atoms with Crippen LogP contribution in [0.1, 0.15) is 21.5 Å². The van der Waals surface area contributed by atoms with Gasteiger partial charge in [0.15, 0.2) is 0 Å². The molecule has 6 nitrogen and oxygen atoms in total. The summed E-state index contributed by atoms with van der Waals surface area (Å²) in [5, 5.41) is 11.1. The van der Waals surface area contributed by atoms with Gasteiger partial charge in [-0.3, -0.25) is 10.1 Å². The summed E-state index contributed by atoms with van der Waals surface area (Å²) >= 11 is 0. The Morgan fingerprint density at radius 3 is 2.04 bits per heavy atom. The molecule has 0 aliphatic carbocycles. The zero-order chi connectivity index (χ0) is 19.1. The van der Waals surface area contributed by atoms with Crippen molar-refractivity contribution in [3.8, 4) is 5.75 Å². The average molecular weight is 369 g/mol. The van der Waals surface area contributed by atoms with E-state index in [-0.39, 0.29) is 30.2 Å². The summed E-state index contributed by atoms with van der Waals surface area (Å²) < 4.78 is 11.0. The van der Waals surface area contributed by atoms with E-state index in [1.165, 1.54) is 18.2 Å². The molecule has 0 radical (unpaired) electrons. The van der Waals surface area contributed by atoms with Gasteiger partial charge < -0.3 is 9.47 Å². The third kappa shape index (κ3) is 4.92. The molecule has 0 N–H and O–H groups in total. The van der Waals surface area contributed by atoms with Gasteiger partial charge in [0.25, 0.3) is 5.69 Å². The Morgan fingerprint density at radius 1 is 0.852 bits per heavy atom. The first-order chi connectivity index (χ1) is 13.1. The zero-order valence-electron chi connectivity index (χ0n) is 14.4. The Labute approximate surface area is 156 Å². The fourth-order valence-corrected chi connectivity index (χ4v) is 2.45. The van der Waals surface area contributed by atoms with Crippen LogP contribution in [0, 0.1) is 10.1 Å². The van der Waals surface area contributed by atoms with Crippen molar-refractivity contribution in [1.29, 1.82) is 0 Å². The van der Waals surface area contributed by atoms with Crippen LogP contribution in [0.2, 0.25) is 0 Å². The minimum absolute atomic E-state index is 0.0241. The summed E-state index contributed by atoms with van der Waals surface area (Å²) in [4.78, 5) is 23.0. The lowest BCUT2D eigenvalue weighted by Gasteiger charge is -2.11. The van der Waals surface area contributed by atoms with Crippen LogP contribution in [-0.2, 0) is 18.0 Å². The van der Waals surface area contributed by atoms with Gasteiger partial charge in [0.2, 0.25) is 0 Å². The van der Waals surface area contributed by atoms with Crippen molar-refractivity contribution in [1.82, 2.24) is 0 Å². The summed E-state index contributed by atoms with van der Waals surface area (Å²) in [6.07, 6.45) is 0. The van der Waals surface area contributed by atoms with Crippen molar-refractivity contribution in [3.63, 3.8) is 0 Å². The lowest BCUT2D eigenvalue weighted by molar-refractivity contribution is -0.384. The van der Waals surface area contributed by atoms with Crippen LogP contribution in [-0.4, -0.2) is 10.9 Å². The second-order valence-corrected chi connectivity index (χ2v) is 5.77. The van der Waals surface area contributed by atoms with E-state index in [9.17, 15) is 14.9 Å². The predicted molar refractivity (Wildman–Crippen MR) is 99.4 cm³/mol. The fourth-order valence-electron chi connectivity index (χ4n) is 2.45. The lowest BCUT2D eigenvalue weighted by Crippen LogP contribution is -2.09. The number of rotatable bonds is 7. The number of carbonyl (C=O) groups is 1. The number of nitrogens with zero attached hydrogens (tertiary/aromatic N) is 1. The van der Waals surface area contributed by atoms with Crippen LogP contribution in [0.25, 0.3) is 0 Å². The minimum Gasteiger partial charge on any atom is -0.488 e. The van der Waals surface area contributed by atoms with Crippen molar-refractivity contribution in [2.75, 3.05) is 0 Å². The van der Waals surface area contributed by atoms with Gasteiger partial charge in [-0.25, -0.2) is 4.79 Å². The van der Waals surface area contributed by atoms with Crippen LogP contribution in [0.4, 0.5) is 5.69 Å². The second kappa shape index (κ2) is 8.62. The summed E-state index contributed by atoms with van der Waals surface area (Å²) in [6, 6.07) is 22.5. The summed E-state index contributed by atoms with van der Waals surface area (Å²) in [5.41, 5.74) is 1.56. The number of carbonyl (C=O) groups excluding carboxylic acids is 1. The fraction of sp³-hybridized carbons (Fsp3) is 0.0952. The molecule has 0 atom stereocenters. The minimum atomic E-state index is -0.675. The van der Waals surface area contributed by atoms with Gasteiger partial charge in [-0.2, -0.15) is 0 Å². The molecule has 0 heterocycles. The first-order valence-corrected chi connectivity index (χ1v) is 8.29. The van der Waals surface area contributed by atoms with E-state index in [4.69, 9.17) is 9.47 Å². The van der Waals surface area contributed by atoms with E-state index >= 15 is 0 Å². The first kappa shape index (κ1) is 18.1. The normalized spacial score (nSPS) is 10.2. The Kier molecular flexibility index (Phi) is 5.79. The van der Waals surface area contributed by atoms with Crippen molar-refractivity contribution in [3.05, 3.63) is 106 Å². The molecule has 3 rings (SSSR count). The molecule has 0 amide bonds. The number of ether oxygens (including phenoxy) is 2. The number of hydrogen-bond acceptors (Lipinski definition) is 5. The Bertz CT molecular complexity index is 926. The Balaban J connectivity index is 1.78. The molecule has 0 saturated heterocycles. The first-order valence-electron chi connectivity index (χ1n) is 8.29. The van der Waals surface area contributed by atoms with E-state index in [0.29, 0.717) is 0 Å². The van der Waals surface area contributed by atoms with Crippen LogP contribution in [0.15, 0.2) is 78.9 Å². The zero-order valence-corrected chi connectivity index (χ0v) is 14.4. The molecule has 0 fully saturated rings. The smallest absolute Gasteiger partial charge is 0.342 e. The van der Waals surface area contributed by atoms with Gasteiger partial charge in [0.05, 0.1) is 4.92 Å². The number of nitro benzene ring substituents is 1. The number of hydrogen-bond donors (Lipinski definition) is 0. The number of non-ortho nitro benzene ring substituents is 1. The van der Waals surface area contributed by atoms with Gasteiger partial charge in [-0.15, -0.1) is 0 Å². The third-order valence-corrected chi connectivity index (χ3v) is 3.84. The highest BCUT2D eigenvalue weighted by molar-refractivity contribution is 5.93. The van der Waals surface area contributed by atoms with E-state index < -0.39 is 10.9 Å². The van der Waals surface area contributed by atoms with Crippen LogP contribution < -0.4 is 4.74 Å². The van der Waals surface area contributed by atoms with Gasteiger partial charge in [-0.05, 0) is 17.2 Å². The quantitative estimate of drug-likeness (QED) is 0.347. The summed E-state index contributed by atoms with van der Waals surface area (Å²) in [6.45, 7) is 0.304. The summed E-state index contributed by atoms with van der Waals surface area (Å²) in [5.74, 6) is -0.437. The predicted octanol–water partition coefficient (Wildman–Crippen LogP) is 4.53. The molecule has 0 bridgehead atoms. The molecule has 3 aromatic carbocycles. The molecular weight excluding hydrogens is 352 g/mol. The topological polar surface area (TPSA) is 78.7 Å². The van der Waals surface area contributed by atoms with Crippen molar-refractivity contribution < 1.29 is 19.2 Å². The highest BCUT2D eigenvalue weighted by Crippen LogP contribution is 2.26. The van der Waals surface area contributed by atoms with Crippen LogP contribution in [0.5, 0.6) is 5.75 Å². The standard InChI is InChI=1S/C21H17NO5/c23-21(27-15-17-9-5-2-6-10-17)19-13-18(22(24)25)11-12-20(19)26-14-16-7-3-1-4-8-16/h1-13H,14-15H2/i11+1,12+1,13+1,18+1,19+1,20+1. The van der Waals surface area contributed by atoms with Gasteiger partial charge in [0.1, 0.15) is 24.5 Å². The molecule has 0 aliphatic heterocycles. The van der Waals surface area contributed by atoms with E-state index in [1.807, 2.05) is 60.7 Å². The van der Waals surface area contributed by atoms with Gasteiger partial charge in [-0.1, -0.05) is 60.7 Å². The largest absolute Gasteiger partial charge is 0.488 e. The van der Waals surface area contributed by atoms with Crippen LogP contribution in [0.3, 0.4) is 0 Å². The third-order valence-electron chi connectivity index (χ3n) is 3.84. The van der Waals surface area contributed by atoms with Crippen molar-refractivity contribution in [2.45, 2.75) is 13.2 Å². The average Bonchev–Trinajstić information content (AvgIpc) is 2.72. The van der Waals surface area contributed by atoms with E-state index in [1.54, 1.807) is 0 Å². The van der Waals surface area contributed by atoms with Gasteiger partial charge in [0, 0.05) is 12.1 Å². The molecule has 0 aromatic heterocycles. The molecular formula is C21H17NO5. The molecule has 3 aromatic rings. The SMILES string of the molecule is O=C(OCc1ccccc1)[13c]1[13cH][13c]([N+](=O)[O-])[13cH][13cH][13c]1OCc1ccccc1. The lowest BCUT2D eigenvalue weighted by atomic mass is 10.2. The molecule has 0 unspecified atom stereocenters. The summed E-state index contributed by atoms with van der Waals surface area (Å²) in [7, 11) is 0. The maximum atomic E-state index is 12.5. The maximum absolute atomic E-state index is 12.5. The van der Waals surface area contributed by atoms with Gasteiger partial charge >= 0.3 is 5.97 Å². The van der Waals surface area contributed by atoms with E-state index in [2.05, 4.69) is 0 Å². The molecule has 6 heteroatoms. The number of esters is 1. The second-order valence-electron chi connectivity index (χ2n) is 5.77. The van der Waals surface area contributed by atoms with Crippen molar-refractivity contribution >= 4 is 11.7 Å². The molecule has 136 valence electrons.